The molecule has 0 saturated carbocycles. The predicted molar refractivity (Wildman–Crippen MR) is 220 cm³/mol. The summed E-state index contributed by atoms with van der Waals surface area (Å²) >= 11 is 0. The fourth-order valence-corrected chi connectivity index (χ4v) is 5.60. The van der Waals surface area contributed by atoms with Gasteiger partial charge >= 0.3 is 36.1 Å². The lowest BCUT2D eigenvalue weighted by molar-refractivity contribution is -0.147. The molecule has 2 aromatic rings. The average molecular weight is 821 g/mol. The molecule has 2 aliphatic rings. The molecule has 0 aliphatic carbocycles. The van der Waals surface area contributed by atoms with Crippen LogP contribution in [0.4, 0.5) is 9.59 Å². The number of amides is 2. The van der Waals surface area contributed by atoms with Crippen LogP contribution in [0.5, 0.6) is 0 Å². The molecule has 4 rings (SSSR count). The van der Waals surface area contributed by atoms with Crippen LogP contribution in [0.15, 0.2) is 36.7 Å². The highest BCUT2D eigenvalue weighted by atomic mass is 16.6. The Morgan fingerprint density at radius 2 is 1.07 bits per heavy atom. The molecule has 58 heavy (non-hydrogen) atoms. The average Bonchev–Trinajstić information content (AvgIpc) is 3.10. The number of hydrogen-bond donors (Lipinski definition) is 2. The van der Waals surface area contributed by atoms with E-state index < -0.39 is 23.1 Å². The van der Waals surface area contributed by atoms with Crippen LogP contribution in [0.2, 0.25) is 0 Å². The number of aliphatic carboxylic acids is 1. The van der Waals surface area contributed by atoms with Crippen molar-refractivity contribution in [1.29, 1.82) is 0 Å². The van der Waals surface area contributed by atoms with Gasteiger partial charge in [-0.15, -0.1) is 0 Å². The van der Waals surface area contributed by atoms with Crippen LogP contribution in [0.25, 0.3) is 0 Å². The number of likely N-dealkylation sites (tertiary alicyclic amines) is 2. The Bertz CT molecular complexity index is 1640. The third-order valence-electron chi connectivity index (χ3n) is 8.35. The SMILES string of the molecule is C.C.CC1CC(C(=O)O)CCN1C(=O)OC(C)(C)C.COC(=O)C1CCN(C(=O)OC(C)(C)C)C(C)C1.COC(=O)c1ccnc(C)c1.Cc1cc(C(=O)O)ccn1. The van der Waals surface area contributed by atoms with Gasteiger partial charge in [0.05, 0.1) is 37.2 Å². The minimum Gasteiger partial charge on any atom is -0.481 e. The Labute approximate surface area is 344 Å². The van der Waals surface area contributed by atoms with Crippen LogP contribution in [0, 0.1) is 25.7 Å². The van der Waals surface area contributed by atoms with Crippen molar-refractivity contribution in [3.63, 3.8) is 0 Å². The number of nitrogens with zero attached hydrogens (tertiary/aromatic N) is 4. The number of piperidine rings is 2. The standard InChI is InChI=1S/C13H23NO4.C12H21NO4.C8H9NO2.C7H7NO2.2CH4/c1-9-8-10(11(15)17-5)6-7-14(9)12(16)18-13(2,3)4;1-8-7-9(10(14)15)5-6-13(8)11(16)17-12(2,3)4;1-6-5-7(3-4-9-6)8(10)11-2;1-5-4-6(7(9)10)2-3-8-5;;/h9-10H,6-8H2,1-5H3;8-9H,5-7H2,1-4H3,(H,14,15);3-5H,1-2H3;2-4H,1H3,(H,9,10);2*1H4. The Hall–Kier alpha value is -5.28. The van der Waals surface area contributed by atoms with Crippen molar-refractivity contribution in [2.75, 3.05) is 27.3 Å². The number of aromatic nitrogens is 2. The minimum atomic E-state index is -0.912. The zero-order valence-corrected chi connectivity index (χ0v) is 34.8. The molecule has 0 bridgehead atoms. The van der Waals surface area contributed by atoms with Gasteiger partial charge < -0.3 is 39.0 Å². The van der Waals surface area contributed by atoms with Crippen molar-refractivity contribution >= 4 is 36.1 Å². The number of pyridine rings is 2. The summed E-state index contributed by atoms with van der Waals surface area (Å²) in [6.07, 6.45) is 4.67. The number of carboxylic acid groups (broad SMARTS) is 2. The summed E-state index contributed by atoms with van der Waals surface area (Å²) in [5, 5.41) is 17.4. The topological polar surface area (TPSA) is 212 Å². The van der Waals surface area contributed by atoms with Gasteiger partial charge in [-0.25, -0.2) is 19.2 Å². The molecule has 2 N–H and O–H groups in total. The van der Waals surface area contributed by atoms with Gasteiger partial charge in [-0.3, -0.25) is 19.6 Å². The van der Waals surface area contributed by atoms with E-state index in [0.717, 1.165) is 11.4 Å². The van der Waals surface area contributed by atoms with E-state index in [1.54, 1.807) is 35.1 Å². The van der Waals surface area contributed by atoms with E-state index in [0.29, 0.717) is 44.3 Å². The first-order valence-corrected chi connectivity index (χ1v) is 18.4. The Morgan fingerprint density at radius 1 is 0.672 bits per heavy atom. The van der Waals surface area contributed by atoms with E-state index in [4.69, 9.17) is 24.4 Å². The molecule has 2 fully saturated rings. The van der Waals surface area contributed by atoms with Crippen molar-refractivity contribution in [2.24, 2.45) is 11.8 Å². The zero-order chi connectivity index (χ0) is 43.0. The molecule has 16 nitrogen and oxygen atoms in total. The second-order valence-corrected chi connectivity index (χ2v) is 15.5. The maximum Gasteiger partial charge on any atom is 0.410 e. The molecule has 4 heterocycles. The summed E-state index contributed by atoms with van der Waals surface area (Å²) in [5.74, 6) is -2.65. The first-order chi connectivity index (χ1) is 25.9. The second kappa shape index (κ2) is 25.2. The number of rotatable bonds is 4. The van der Waals surface area contributed by atoms with Gasteiger partial charge in [0, 0.05) is 49.0 Å². The molecule has 16 heteroatoms. The molecule has 4 unspecified atom stereocenters. The normalized spacial score (nSPS) is 18.5. The largest absolute Gasteiger partial charge is 0.481 e. The smallest absolute Gasteiger partial charge is 0.410 e. The van der Waals surface area contributed by atoms with Gasteiger partial charge in [0.25, 0.3) is 0 Å². The molecule has 4 atom stereocenters. The number of hydrogen-bond acceptors (Lipinski definition) is 12. The molecule has 328 valence electrons. The molecule has 2 aromatic heterocycles. The predicted octanol–water partition coefficient (Wildman–Crippen LogP) is 7.84. The van der Waals surface area contributed by atoms with Gasteiger partial charge in [0.1, 0.15) is 11.2 Å². The van der Waals surface area contributed by atoms with Crippen molar-refractivity contribution < 1.29 is 57.9 Å². The monoisotopic (exact) mass is 820 g/mol. The molecule has 2 amide bonds. The van der Waals surface area contributed by atoms with Crippen molar-refractivity contribution in [2.45, 2.75) is 133 Å². The number of methoxy groups -OCH3 is 2. The van der Waals surface area contributed by atoms with Crippen LogP contribution in [0.3, 0.4) is 0 Å². The Balaban J connectivity index is 0. The molecule has 2 aliphatic heterocycles. The zero-order valence-electron chi connectivity index (χ0n) is 34.8. The van der Waals surface area contributed by atoms with E-state index in [1.807, 2.05) is 62.3 Å². The lowest BCUT2D eigenvalue weighted by atomic mass is 9.92. The number of carbonyl (C=O) groups is 6. The quantitative estimate of drug-likeness (QED) is 0.222. The summed E-state index contributed by atoms with van der Waals surface area (Å²) in [6, 6.07) is 6.22. The first kappa shape index (κ1) is 54.8. The lowest BCUT2D eigenvalue weighted by Gasteiger charge is -2.37. The fraction of sp³-hybridized carbons (Fsp3) is 0.619. The molecular formula is C42H68N4O12. The van der Waals surface area contributed by atoms with E-state index >= 15 is 0 Å². The summed E-state index contributed by atoms with van der Waals surface area (Å²) in [6.45, 7) is 19.4. The first-order valence-electron chi connectivity index (χ1n) is 18.4. The second-order valence-electron chi connectivity index (χ2n) is 15.5. The van der Waals surface area contributed by atoms with Crippen LogP contribution < -0.4 is 0 Å². The maximum absolute atomic E-state index is 12.0. The van der Waals surface area contributed by atoms with Crippen LogP contribution >= 0.6 is 0 Å². The third-order valence-corrected chi connectivity index (χ3v) is 8.35. The van der Waals surface area contributed by atoms with Crippen LogP contribution in [0.1, 0.15) is 128 Å². The summed E-state index contributed by atoms with van der Waals surface area (Å²) in [7, 11) is 2.76. The van der Waals surface area contributed by atoms with E-state index in [2.05, 4.69) is 14.7 Å². The molecule has 2 saturated heterocycles. The molecule has 0 radical (unpaired) electrons. The maximum atomic E-state index is 12.0. The Morgan fingerprint density at radius 3 is 1.40 bits per heavy atom. The number of aromatic carboxylic acids is 1. The fourth-order valence-electron chi connectivity index (χ4n) is 5.60. The number of carbonyl (C=O) groups excluding carboxylic acids is 4. The highest BCUT2D eigenvalue weighted by Gasteiger charge is 2.36. The summed E-state index contributed by atoms with van der Waals surface area (Å²) in [5.41, 5.74) is 1.36. The Kier molecular flexibility index (Phi) is 23.8. The molecule has 0 aromatic carbocycles. The van der Waals surface area contributed by atoms with Crippen LogP contribution in [-0.4, -0.2) is 117 Å². The number of esters is 2. The van der Waals surface area contributed by atoms with Crippen LogP contribution in [-0.2, 0) is 28.5 Å². The van der Waals surface area contributed by atoms with E-state index in [9.17, 15) is 28.8 Å². The van der Waals surface area contributed by atoms with Gasteiger partial charge in [0.2, 0.25) is 0 Å². The van der Waals surface area contributed by atoms with Gasteiger partial charge in [-0.2, -0.15) is 0 Å². The van der Waals surface area contributed by atoms with Crippen molar-refractivity contribution in [3.8, 4) is 0 Å². The van der Waals surface area contributed by atoms with Gasteiger partial charge in [0.15, 0.2) is 0 Å². The van der Waals surface area contributed by atoms with Gasteiger partial charge in [-0.05, 0) is 119 Å². The highest BCUT2D eigenvalue weighted by molar-refractivity contribution is 5.89. The third kappa shape index (κ3) is 20.2. The summed E-state index contributed by atoms with van der Waals surface area (Å²) in [4.78, 5) is 78.5. The highest BCUT2D eigenvalue weighted by Crippen LogP contribution is 2.26. The summed E-state index contributed by atoms with van der Waals surface area (Å²) < 4.78 is 19.9. The number of aryl methyl sites for hydroxylation is 2. The lowest BCUT2D eigenvalue weighted by Crippen LogP contribution is -2.48. The van der Waals surface area contributed by atoms with E-state index in [1.165, 1.54) is 32.5 Å². The number of carboxylic acids is 2. The number of ether oxygens (including phenoxy) is 4. The van der Waals surface area contributed by atoms with Gasteiger partial charge in [-0.1, -0.05) is 14.9 Å². The van der Waals surface area contributed by atoms with E-state index in [-0.39, 0.29) is 68.5 Å². The van der Waals surface area contributed by atoms with Crippen molar-refractivity contribution in [1.82, 2.24) is 19.8 Å². The molecular weight excluding hydrogens is 752 g/mol. The van der Waals surface area contributed by atoms with Crippen molar-refractivity contribution in [3.05, 3.63) is 59.2 Å². The minimum absolute atomic E-state index is 0. The molecule has 0 spiro atoms.